The molecule has 0 spiro atoms. The van der Waals surface area contributed by atoms with Crippen LogP contribution in [0.2, 0.25) is 0 Å². The van der Waals surface area contributed by atoms with E-state index in [9.17, 15) is 4.79 Å². The zero-order chi connectivity index (χ0) is 17.1. The Hall–Kier alpha value is -0.600. The molecule has 1 atom stereocenters. The number of rotatable bonds is 7. The van der Waals surface area contributed by atoms with Crippen LogP contribution in [0, 0.1) is 8.80 Å². The van der Waals surface area contributed by atoms with E-state index in [4.69, 9.17) is 9.47 Å². The number of methoxy groups -OCH3 is 1. The van der Waals surface area contributed by atoms with Crippen LogP contribution in [0.3, 0.4) is 0 Å². The lowest BCUT2D eigenvalue weighted by Crippen LogP contribution is -2.10. The fourth-order valence-electron chi connectivity index (χ4n) is 2.76. The first-order chi connectivity index (χ1) is 11.6. The highest BCUT2D eigenvalue weighted by Crippen LogP contribution is 2.45. The molecular formula is C18H18BrIO3S. The smallest absolute Gasteiger partial charge is 0.306 e. The van der Waals surface area contributed by atoms with E-state index in [1.165, 1.54) is 28.4 Å². The van der Waals surface area contributed by atoms with Crippen molar-refractivity contribution in [1.29, 1.82) is 0 Å². The van der Waals surface area contributed by atoms with Gasteiger partial charge in [-0.05, 0) is 86.3 Å². The molecule has 0 N–H and O–H groups in total. The number of carbonyl (C=O) groups excluding carboxylic acids is 1. The standard InChI is InChI=1S/C18H18BrIO3S/c1-22-16(21)8-15(11-5-6-11)12-3-2-4-14(7-12)23-9-13-10-24-18(20)17(13)19/h2-4,7,10-11,15H,5-6,8-9H2,1H3. The van der Waals surface area contributed by atoms with Crippen LogP contribution in [0.15, 0.2) is 34.1 Å². The fourth-order valence-corrected chi connectivity index (χ4v) is 4.82. The Morgan fingerprint density at radius 1 is 1.46 bits per heavy atom. The molecule has 0 saturated heterocycles. The molecule has 24 heavy (non-hydrogen) atoms. The van der Waals surface area contributed by atoms with Gasteiger partial charge in [0, 0.05) is 10.0 Å². The van der Waals surface area contributed by atoms with Crippen LogP contribution in [0.1, 0.15) is 36.3 Å². The summed E-state index contributed by atoms with van der Waals surface area (Å²) in [6, 6.07) is 8.12. The second-order valence-corrected chi connectivity index (χ2v) is 9.42. The molecule has 0 bridgehead atoms. The molecule has 1 saturated carbocycles. The van der Waals surface area contributed by atoms with Crippen LogP contribution in [0.4, 0.5) is 0 Å². The van der Waals surface area contributed by atoms with Gasteiger partial charge < -0.3 is 9.47 Å². The van der Waals surface area contributed by atoms with Crippen molar-refractivity contribution in [3.63, 3.8) is 0 Å². The third kappa shape index (κ3) is 4.52. The molecule has 0 aliphatic heterocycles. The predicted molar refractivity (Wildman–Crippen MR) is 108 cm³/mol. The van der Waals surface area contributed by atoms with Crippen molar-refractivity contribution in [2.24, 2.45) is 5.92 Å². The van der Waals surface area contributed by atoms with Gasteiger partial charge in [-0.15, -0.1) is 11.3 Å². The summed E-state index contributed by atoms with van der Waals surface area (Å²) in [4.78, 5) is 11.7. The average molecular weight is 521 g/mol. The number of carbonyl (C=O) groups is 1. The summed E-state index contributed by atoms with van der Waals surface area (Å²) in [5.74, 6) is 1.52. The minimum atomic E-state index is -0.144. The van der Waals surface area contributed by atoms with Gasteiger partial charge >= 0.3 is 5.97 Å². The van der Waals surface area contributed by atoms with Gasteiger partial charge in [0.05, 0.1) is 16.4 Å². The predicted octanol–water partition coefficient (Wildman–Crippen LogP) is 5.75. The molecule has 1 unspecified atom stereocenters. The molecule has 1 aliphatic rings. The Bertz CT molecular complexity index is 727. The Labute approximate surface area is 168 Å². The van der Waals surface area contributed by atoms with E-state index in [0.717, 1.165) is 15.8 Å². The highest BCUT2D eigenvalue weighted by molar-refractivity contribution is 14.1. The van der Waals surface area contributed by atoms with Gasteiger partial charge in [-0.1, -0.05) is 12.1 Å². The fraction of sp³-hybridized carbons (Fsp3) is 0.389. The summed E-state index contributed by atoms with van der Waals surface area (Å²) in [5, 5.41) is 2.11. The zero-order valence-electron chi connectivity index (χ0n) is 13.3. The monoisotopic (exact) mass is 520 g/mol. The molecule has 1 heterocycles. The Balaban J connectivity index is 1.70. The number of esters is 1. The van der Waals surface area contributed by atoms with Crippen LogP contribution >= 0.6 is 49.9 Å². The topological polar surface area (TPSA) is 35.5 Å². The highest BCUT2D eigenvalue weighted by Gasteiger charge is 2.34. The summed E-state index contributed by atoms with van der Waals surface area (Å²) in [6.45, 7) is 0.536. The first kappa shape index (κ1) is 18.2. The van der Waals surface area contributed by atoms with Crippen molar-refractivity contribution < 1.29 is 14.3 Å². The summed E-state index contributed by atoms with van der Waals surface area (Å²) in [5.41, 5.74) is 2.32. The summed E-state index contributed by atoms with van der Waals surface area (Å²) in [7, 11) is 1.45. The third-order valence-corrected chi connectivity index (χ3v) is 8.27. The quantitative estimate of drug-likeness (QED) is 0.344. The molecule has 6 heteroatoms. The van der Waals surface area contributed by atoms with Crippen molar-refractivity contribution in [3.05, 3.63) is 48.1 Å². The van der Waals surface area contributed by atoms with E-state index >= 15 is 0 Å². The second kappa shape index (κ2) is 8.19. The highest BCUT2D eigenvalue weighted by atomic mass is 127. The molecule has 3 nitrogen and oxygen atoms in total. The molecule has 1 fully saturated rings. The molecule has 128 valence electrons. The van der Waals surface area contributed by atoms with Gasteiger partial charge in [-0.3, -0.25) is 4.79 Å². The van der Waals surface area contributed by atoms with Crippen LogP contribution in [0.5, 0.6) is 5.75 Å². The van der Waals surface area contributed by atoms with Crippen molar-refractivity contribution in [2.75, 3.05) is 7.11 Å². The number of thiophene rings is 1. The van der Waals surface area contributed by atoms with E-state index in [1.807, 2.05) is 12.1 Å². The normalized spacial score (nSPS) is 15.1. The Morgan fingerprint density at radius 2 is 2.25 bits per heavy atom. The van der Waals surface area contributed by atoms with Gasteiger partial charge in [0.1, 0.15) is 12.4 Å². The molecule has 1 aromatic carbocycles. The number of ether oxygens (including phenoxy) is 2. The van der Waals surface area contributed by atoms with Crippen molar-refractivity contribution >= 4 is 55.8 Å². The lowest BCUT2D eigenvalue weighted by Gasteiger charge is -2.16. The number of hydrogen-bond acceptors (Lipinski definition) is 4. The lowest BCUT2D eigenvalue weighted by atomic mass is 9.91. The van der Waals surface area contributed by atoms with E-state index < -0.39 is 0 Å². The van der Waals surface area contributed by atoms with Crippen LogP contribution < -0.4 is 4.74 Å². The maximum Gasteiger partial charge on any atom is 0.306 e. The third-order valence-electron chi connectivity index (χ3n) is 4.25. The van der Waals surface area contributed by atoms with Crippen LogP contribution in [-0.4, -0.2) is 13.1 Å². The molecule has 2 aromatic rings. The van der Waals surface area contributed by atoms with Gasteiger partial charge in [-0.2, -0.15) is 0 Å². The van der Waals surface area contributed by atoms with Gasteiger partial charge in [-0.25, -0.2) is 0 Å². The van der Waals surface area contributed by atoms with E-state index in [1.54, 1.807) is 11.3 Å². The van der Waals surface area contributed by atoms with Gasteiger partial charge in [0.2, 0.25) is 0 Å². The largest absolute Gasteiger partial charge is 0.489 e. The minimum Gasteiger partial charge on any atom is -0.489 e. The van der Waals surface area contributed by atoms with Crippen molar-refractivity contribution in [1.82, 2.24) is 0 Å². The summed E-state index contributed by atoms with van der Waals surface area (Å²) < 4.78 is 13.2. The van der Waals surface area contributed by atoms with Gasteiger partial charge in [0.25, 0.3) is 0 Å². The zero-order valence-corrected chi connectivity index (χ0v) is 17.8. The van der Waals surface area contributed by atoms with Crippen LogP contribution in [-0.2, 0) is 16.1 Å². The maximum atomic E-state index is 11.7. The molecule has 0 radical (unpaired) electrons. The van der Waals surface area contributed by atoms with Crippen molar-refractivity contribution in [2.45, 2.75) is 31.8 Å². The summed E-state index contributed by atoms with van der Waals surface area (Å²) >= 11 is 7.61. The molecule has 3 rings (SSSR count). The molecule has 1 aliphatic carbocycles. The number of benzene rings is 1. The average Bonchev–Trinajstić information content (AvgIpc) is 3.38. The lowest BCUT2D eigenvalue weighted by molar-refractivity contribution is -0.141. The van der Waals surface area contributed by atoms with Crippen LogP contribution in [0.25, 0.3) is 0 Å². The SMILES string of the molecule is COC(=O)CC(c1cccc(OCc2csc(I)c2Br)c1)C1CC1. The maximum absolute atomic E-state index is 11.7. The number of hydrogen-bond donors (Lipinski definition) is 0. The molecule has 1 aromatic heterocycles. The van der Waals surface area contributed by atoms with E-state index in [2.05, 4.69) is 56.0 Å². The minimum absolute atomic E-state index is 0.144. The first-order valence-electron chi connectivity index (χ1n) is 7.79. The summed E-state index contributed by atoms with van der Waals surface area (Å²) in [6.07, 6.45) is 2.82. The Morgan fingerprint density at radius 3 is 2.88 bits per heavy atom. The molecule has 0 amide bonds. The Kier molecular flexibility index (Phi) is 6.21. The van der Waals surface area contributed by atoms with Crippen molar-refractivity contribution in [3.8, 4) is 5.75 Å². The van der Waals surface area contributed by atoms with E-state index in [-0.39, 0.29) is 11.9 Å². The first-order valence-corrected chi connectivity index (χ1v) is 10.5. The molecular weight excluding hydrogens is 503 g/mol. The second-order valence-electron chi connectivity index (χ2n) is 5.93. The van der Waals surface area contributed by atoms with E-state index in [0.29, 0.717) is 18.9 Å². The number of halogens is 2. The van der Waals surface area contributed by atoms with Gasteiger partial charge in [0.15, 0.2) is 0 Å².